The predicted octanol–water partition coefficient (Wildman–Crippen LogP) is 3.04. The Kier molecular flexibility index (Phi) is 4.39. The fraction of sp³-hybridized carbons (Fsp3) is 0.500. The number of benzene rings is 1. The van der Waals surface area contributed by atoms with Gasteiger partial charge in [0.25, 0.3) is 0 Å². The molecule has 0 saturated heterocycles. The Bertz CT molecular complexity index is 528. The van der Waals surface area contributed by atoms with Gasteiger partial charge in [0.2, 0.25) is 5.82 Å². The lowest BCUT2D eigenvalue weighted by Crippen LogP contribution is -2.52. The van der Waals surface area contributed by atoms with Crippen molar-refractivity contribution in [3.63, 3.8) is 0 Å². The quantitative estimate of drug-likeness (QED) is 0.476. The summed E-state index contributed by atoms with van der Waals surface area (Å²) >= 11 is 5.93. The Hall–Kier alpha value is -1.47. The third-order valence-electron chi connectivity index (χ3n) is 3.02. The van der Waals surface area contributed by atoms with Crippen LogP contribution in [0.5, 0.6) is 5.75 Å². The van der Waals surface area contributed by atoms with Crippen molar-refractivity contribution in [3.8, 4) is 5.75 Å². The number of rotatable bonds is 5. The highest BCUT2D eigenvalue weighted by molar-refractivity contribution is 6.21. The van der Waals surface area contributed by atoms with E-state index in [1.54, 1.807) is 6.92 Å². The normalized spacial score (nSPS) is 25.1. The molecule has 0 amide bonds. The van der Waals surface area contributed by atoms with Gasteiger partial charge in [0.05, 0.1) is 16.4 Å². The first-order valence-corrected chi connectivity index (χ1v) is 6.43. The van der Waals surface area contributed by atoms with Crippen LogP contribution in [0.3, 0.4) is 0 Å². The molecule has 1 fully saturated rings. The van der Waals surface area contributed by atoms with Gasteiger partial charge >= 0.3 is 5.69 Å². The Morgan fingerprint density at radius 3 is 2.70 bits per heavy atom. The van der Waals surface area contributed by atoms with Crippen molar-refractivity contribution in [1.29, 1.82) is 0 Å². The summed E-state index contributed by atoms with van der Waals surface area (Å²) in [6, 6.07) is 1.16. The molecule has 8 heteroatoms. The molecule has 20 heavy (non-hydrogen) atoms. The minimum absolute atomic E-state index is 0.245. The predicted molar refractivity (Wildman–Crippen MR) is 67.1 cm³/mol. The number of nitro benzene ring substituents is 1. The standard InChI is InChI=1S/C12H12ClF2NO4/c1-2-19-12-6(13)3-11(12)20-10-5-7(14)9(16(17)18)4-8(10)15/h4-6,11-12H,2-3H2,1H3. The number of hydrogen-bond donors (Lipinski definition) is 0. The molecular formula is C12H12ClF2NO4. The molecule has 0 N–H and O–H groups in total. The van der Waals surface area contributed by atoms with Gasteiger partial charge in [-0.3, -0.25) is 10.1 Å². The summed E-state index contributed by atoms with van der Waals surface area (Å²) in [7, 11) is 0. The van der Waals surface area contributed by atoms with Gasteiger partial charge in [0.15, 0.2) is 11.6 Å². The number of halogens is 3. The molecule has 1 aliphatic carbocycles. The zero-order chi connectivity index (χ0) is 14.9. The maximum Gasteiger partial charge on any atom is 0.307 e. The second kappa shape index (κ2) is 5.88. The van der Waals surface area contributed by atoms with Gasteiger partial charge in [-0.25, -0.2) is 4.39 Å². The average Bonchev–Trinajstić information content (AvgIpc) is 2.38. The molecule has 2 rings (SSSR count). The van der Waals surface area contributed by atoms with Crippen LogP contribution in [0.25, 0.3) is 0 Å². The van der Waals surface area contributed by atoms with Crippen LogP contribution in [0.2, 0.25) is 0 Å². The molecule has 3 atom stereocenters. The summed E-state index contributed by atoms with van der Waals surface area (Å²) in [5, 5.41) is 10.2. The molecule has 3 unspecified atom stereocenters. The van der Waals surface area contributed by atoms with Crippen LogP contribution < -0.4 is 4.74 Å². The third-order valence-corrected chi connectivity index (χ3v) is 3.44. The third kappa shape index (κ3) is 2.83. The molecular weight excluding hydrogens is 296 g/mol. The van der Waals surface area contributed by atoms with Gasteiger partial charge in [-0.05, 0) is 6.92 Å². The molecule has 1 saturated carbocycles. The Balaban J connectivity index is 2.14. The molecule has 0 spiro atoms. The summed E-state index contributed by atoms with van der Waals surface area (Å²) in [6.07, 6.45) is -0.461. The van der Waals surface area contributed by atoms with E-state index in [4.69, 9.17) is 21.1 Å². The average molecular weight is 308 g/mol. The zero-order valence-corrected chi connectivity index (χ0v) is 11.3. The monoisotopic (exact) mass is 307 g/mol. The number of nitrogens with zero attached hydrogens (tertiary/aromatic N) is 1. The second-order valence-electron chi connectivity index (χ2n) is 4.32. The zero-order valence-electron chi connectivity index (χ0n) is 10.5. The van der Waals surface area contributed by atoms with Crippen LogP contribution in [-0.2, 0) is 4.74 Å². The molecule has 1 aliphatic rings. The van der Waals surface area contributed by atoms with Crippen LogP contribution in [0.15, 0.2) is 12.1 Å². The summed E-state index contributed by atoms with van der Waals surface area (Å²) in [5.74, 6) is -2.53. The lowest BCUT2D eigenvalue weighted by atomic mass is 9.91. The Morgan fingerprint density at radius 2 is 2.15 bits per heavy atom. The van der Waals surface area contributed by atoms with Crippen molar-refractivity contribution in [2.24, 2.45) is 0 Å². The van der Waals surface area contributed by atoms with Gasteiger partial charge < -0.3 is 9.47 Å². The molecule has 5 nitrogen and oxygen atoms in total. The van der Waals surface area contributed by atoms with E-state index < -0.39 is 34.5 Å². The molecule has 0 heterocycles. The van der Waals surface area contributed by atoms with Crippen molar-refractivity contribution in [1.82, 2.24) is 0 Å². The molecule has 0 radical (unpaired) electrons. The molecule has 0 aliphatic heterocycles. The van der Waals surface area contributed by atoms with Crippen LogP contribution in [-0.4, -0.2) is 29.1 Å². The molecule has 0 aromatic heterocycles. The fourth-order valence-corrected chi connectivity index (χ4v) is 2.37. The number of hydrogen-bond acceptors (Lipinski definition) is 4. The van der Waals surface area contributed by atoms with Gasteiger partial charge in [-0.15, -0.1) is 11.6 Å². The van der Waals surface area contributed by atoms with E-state index in [0.29, 0.717) is 25.2 Å². The minimum Gasteiger partial charge on any atom is -0.484 e. The van der Waals surface area contributed by atoms with E-state index in [1.807, 2.05) is 0 Å². The molecule has 0 bridgehead atoms. The van der Waals surface area contributed by atoms with Gasteiger partial charge in [-0.1, -0.05) is 0 Å². The van der Waals surface area contributed by atoms with Gasteiger partial charge in [0, 0.05) is 19.1 Å². The summed E-state index contributed by atoms with van der Waals surface area (Å²) < 4.78 is 37.7. The maximum atomic E-state index is 13.7. The smallest absolute Gasteiger partial charge is 0.307 e. The van der Waals surface area contributed by atoms with Crippen molar-refractivity contribution >= 4 is 17.3 Å². The van der Waals surface area contributed by atoms with E-state index in [0.717, 1.165) is 0 Å². The molecule has 1 aromatic carbocycles. The highest BCUT2D eigenvalue weighted by Crippen LogP contribution is 2.35. The van der Waals surface area contributed by atoms with Crippen molar-refractivity contribution < 1.29 is 23.2 Å². The summed E-state index contributed by atoms with van der Waals surface area (Å²) in [5.41, 5.74) is -0.931. The minimum atomic E-state index is -1.15. The van der Waals surface area contributed by atoms with E-state index in [9.17, 15) is 18.9 Å². The number of alkyl halides is 1. The van der Waals surface area contributed by atoms with Gasteiger partial charge in [0.1, 0.15) is 12.2 Å². The van der Waals surface area contributed by atoms with Crippen molar-refractivity contribution in [3.05, 3.63) is 33.9 Å². The fourth-order valence-electron chi connectivity index (χ4n) is 1.96. The number of ether oxygens (including phenoxy) is 2. The van der Waals surface area contributed by atoms with Crippen LogP contribution in [0.4, 0.5) is 14.5 Å². The Labute approximate surface area is 118 Å². The summed E-state index contributed by atoms with van der Waals surface area (Å²) in [6.45, 7) is 2.20. The van der Waals surface area contributed by atoms with E-state index in [1.165, 1.54) is 0 Å². The molecule has 1 aromatic rings. The highest BCUT2D eigenvalue weighted by atomic mass is 35.5. The lowest BCUT2D eigenvalue weighted by molar-refractivity contribution is -0.387. The second-order valence-corrected chi connectivity index (χ2v) is 4.88. The number of nitro groups is 1. The van der Waals surface area contributed by atoms with Crippen molar-refractivity contribution in [2.75, 3.05) is 6.61 Å². The topological polar surface area (TPSA) is 61.6 Å². The van der Waals surface area contributed by atoms with E-state index in [-0.39, 0.29) is 11.1 Å². The SMILES string of the molecule is CCOC1C(Cl)CC1Oc1cc(F)c([N+](=O)[O-])cc1F. The summed E-state index contributed by atoms with van der Waals surface area (Å²) in [4.78, 5) is 9.48. The maximum absolute atomic E-state index is 13.7. The lowest BCUT2D eigenvalue weighted by Gasteiger charge is -2.40. The van der Waals surface area contributed by atoms with Crippen LogP contribution in [0, 0.1) is 21.7 Å². The first-order chi connectivity index (χ1) is 9.43. The van der Waals surface area contributed by atoms with E-state index in [2.05, 4.69) is 0 Å². The Morgan fingerprint density at radius 1 is 1.45 bits per heavy atom. The van der Waals surface area contributed by atoms with Crippen molar-refractivity contribution in [2.45, 2.75) is 30.9 Å². The largest absolute Gasteiger partial charge is 0.484 e. The van der Waals surface area contributed by atoms with Crippen LogP contribution in [0.1, 0.15) is 13.3 Å². The highest BCUT2D eigenvalue weighted by Gasteiger charge is 2.43. The van der Waals surface area contributed by atoms with Gasteiger partial charge in [-0.2, -0.15) is 4.39 Å². The first-order valence-electron chi connectivity index (χ1n) is 5.99. The molecule has 110 valence electrons. The first kappa shape index (κ1) is 14.9. The van der Waals surface area contributed by atoms with Crippen LogP contribution >= 0.6 is 11.6 Å². The van der Waals surface area contributed by atoms with E-state index >= 15 is 0 Å².